The molecule has 4 rings (SSSR count). The Hall–Kier alpha value is -3.24. The molecule has 0 saturated carbocycles. The summed E-state index contributed by atoms with van der Waals surface area (Å²) in [7, 11) is 0. The normalized spacial score (nSPS) is 18.6. The van der Waals surface area contributed by atoms with E-state index < -0.39 is 0 Å². The number of carbonyl (C=O) groups excluding carboxylic acids is 2. The Balaban J connectivity index is 1.45. The maximum Gasteiger partial charge on any atom is 0.217 e. The van der Waals surface area contributed by atoms with Crippen LogP contribution in [-0.4, -0.2) is 35.2 Å². The Morgan fingerprint density at radius 3 is 2.32 bits per heavy atom. The molecule has 0 aliphatic carbocycles. The van der Waals surface area contributed by atoms with Crippen molar-refractivity contribution in [1.29, 1.82) is 0 Å². The second kappa shape index (κ2) is 8.86. The number of nitrogens with one attached hydrogen (secondary N) is 1. The van der Waals surface area contributed by atoms with E-state index in [0.29, 0.717) is 11.1 Å². The van der Waals surface area contributed by atoms with Gasteiger partial charge in [-0.2, -0.15) is 0 Å². The quantitative estimate of drug-likeness (QED) is 0.598. The molecule has 1 amide bonds. The summed E-state index contributed by atoms with van der Waals surface area (Å²) in [6.45, 7) is 6.37. The first-order valence-electron chi connectivity index (χ1n) is 10.7. The van der Waals surface area contributed by atoms with E-state index in [2.05, 4.69) is 41.4 Å². The highest BCUT2D eigenvalue weighted by Crippen LogP contribution is 2.25. The Labute approximate surface area is 183 Å². The van der Waals surface area contributed by atoms with Gasteiger partial charge in [-0.15, -0.1) is 0 Å². The van der Waals surface area contributed by atoms with Gasteiger partial charge >= 0.3 is 0 Å². The van der Waals surface area contributed by atoms with Crippen molar-refractivity contribution >= 4 is 11.7 Å². The Kier molecular flexibility index (Phi) is 6.01. The Morgan fingerprint density at radius 2 is 1.61 bits per heavy atom. The lowest BCUT2D eigenvalue weighted by atomic mass is 9.98. The molecular formula is C27H28N2O2. The van der Waals surface area contributed by atoms with Crippen molar-refractivity contribution in [3.8, 4) is 11.1 Å². The monoisotopic (exact) mass is 412 g/mol. The molecule has 1 unspecified atom stereocenters. The molecule has 0 bridgehead atoms. The number of rotatable bonds is 6. The zero-order valence-electron chi connectivity index (χ0n) is 18.1. The minimum absolute atomic E-state index is 0.0283. The Morgan fingerprint density at radius 1 is 0.903 bits per heavy atom. The van der Waals surface area contributed by atoms with Crippen molar-refractivity contribution < 1.29 is 9.59 Å². The summed E-state index contributed by atoms with van der Waals surface area (Å²) in [6, 6.07) is 25.7. The second-order valence-corrected chi connectivity index (χ2v) is 8.68. The molecule has 4 heteroatoms. The average Bonchev–Trinajstić information content (AvgIpc) is 3.13. The van der Waals surface area contributed by atoms with Crippen LogP contribution in [0.2, 0.25) is 0 Å². The first-order chi connectivity index (χ1) is 14.9. The standard InChI is InChI=1S/C27H28N2O2/c1-20(30)28-27(2)15-16-29(19-27)18-21-7-6-10-25(17-21)22-11-13-24(14-12-22)26(31)23-8-4-3-5-9-23/h3-14,17H,15-16,18-19H2,1-2H3,(H,28,30). The lowest BCUT2D eigenvalue weighted by Gasteiger charge is -2.25. The molecule has 0 radical (unpaired) electrons. The lowest BCUT2D eigenvalue weighted by molar-refractivity contribution is -0.120. The molecule has 1 heterocycles. The van der Waals surface area contributed by atoms with Crippen LogP contribution in [0, 0.1) is 0 Å². The van der Waals surface area contributed by atoms with Crippen LogP contribution in [0.3, 0.4) is 0 Å². The highest BCUT2D eigenvalue weighted by Gasteiger charge is 2.34. The fourth-order valence-corrected chi connectivity index (χ4v) is 4.40. The van der Waals surface area contributed by atoms with Crippen LogP contribution in [-0.2, 0) is 11.3 Å². The summed E-state index contributed by atoms with van der Waals surface area (Å²) < 4.78 is 0. The predicted molar refractivity (Wildman–Crippen MR) is 124 cm³/mol. The van der Waals surface area contributed by atoms with Gasteiger partial charge in [0, 0.05) is 37.7 Å². The maximum absolute atomic E-state index is 12.6. The largest absolute Gasteiger partial charge is 0.350 e. The van der Waals surface area contributed by atoms with Crippen LogP contribution in [0.5, 0.6) is 0 Å². The van der Waals surface area contributed by atoms with E-state index in [1.807, 2.05) is 54.6 Å². The molecule has 158 valence electrons. The molecule has 1 atom stereocenters. The molecule has 3 aromatic carbocycles. The molecule has 1 aliphatic rings. The van der Waals surface area contributed by atoms with Crippen LogP contribution in [0.1, 0.15) is 41.8 Å². The number of amides is 1. The third-order valence-corrected chi connectivity index (χ3v) is 5.88. The third kappa shape index (κ3) is 5.09. The minimum atomic E-state index is -0.148. The van der Waals surface area contributed by atoms with Crippen molar-refractivity contribution in [2.45, 2.75) is 32.4 Å². The van der Waals surface area contributed by atoms with Crippen LogP contribution < -0.4 is 5.32 Å². The summed E-state index contributed by atoms with van der Waals surface area (Å²) in [5, 5.41) is 3.09. The summed E-state index contributed by atoms with van der Waals surface area (Å²) in [4.78, 5) is 26.5. The van der Waals surface area contributed by atoms with Crippen LogP contribution in [0.15, 0.2) is 78.9 Å². The predicted octanol–water partition coefficient (Wildman–Crippen LogP) is 4.69. The van der Waals surface area contributed by atoms with Gasteiger partial charge in [0.2, 0.25) is 5.91 Å². The van der Waals surface area contributed by atoms with Gasteiger partial charge < -0.3 is 5.32 Å². The average molecular weight is 413 g/mol. The lowest BCUT2D eigenvalue weighted by Crippen LogP contribution is -2.46. The van der Waals surface area contributed by atoms with Gasteiger partial charge in [-0.25, -0.2) is 0 Å². The van der Waals surface area contributed by atoms with Crippen molar-refractivity contribution in [3.05, 3.63) is 95.6 Å². The van der Waals surface area contributed by atoms with Crippen molar-refractivity contribution in [3.63, 3.8) is 0 Å². The first-order valence-corrected chi connectivity index (χ1v) is 10.7. The van der Waals surface area contributed by atoms with Crippen LogP contribution in [0.25, 0.3) is 11.1 Å². The second-order valence-electron chi connectivity index (χ2n) is 8.68. The molecule has 1 N–H and O–H groups in total. The van der Waals surface area contributed by atoms with Gasteiger partial charge in [0.15, 0.2) is 5.78 Å². The number of benzene rings is 3. The zero-order chi connectivity index (χ0) is 21.8. The molecule has 1 fully saturated rings. The maximum atomic E-state index is 12.6. The topological polar surface area (TPSA) is 49.4 Å². The van der Waals surface area contributed by atoms with E-state index in [1.165, 1.54) is 5.56 Å². The number of carbonyl (C=O) groups is 2. The number of ketones is 1. The zero-order valence-corrected chi connectivity index (χ0v) is 18.1. The smallest absolute Gasteiger partial charge is 0.217 e. The van der Waals surface area contributed by atoms with Gasteiger partial charge in [-0.3, -0.25) is 14.5 Å². The van der Waals surface area contributed by atoms with E-state index in [1.54, 1.807) is 6.92 Å². The number of nitrogens with zero attached hydrogens (tertiary/aromatic N) is 1. The molecule has 0 spiro atoms. The van der Waals surface area contributed by atoms with E-state index in [-0.39, 0.29) is 17.2 Å². The third-order valence-electron chi connectivity index (χ3n) is 5.88. The first kappa shape index (κ1) is 21.0. The summed E-state index contributed by atoms with van der Waals surface area (Å²) in [5.41, 5.74) is 4.73. The number of hydrogen-bond donors (Lipinski definition) is 1. The van der Waals surface area contributed by atoms with Gasteiger partial charge in [-0.05, 0) is 36.1 Å². The molecule has 0 aromatic heterocycles. The van der Waals surface area contributed by atoms with E-state index in [9.17, 15) is 9.59 Å². The summed E-state index contributed by atoms with van der Waals surface area (Å²) in [5.74, 6) is 0.0673. The van der Waals surface area contributed by atoms with Gasteiger partial charge in [-0.1, -0.05) is 72.8 Å². The highest BCUT2D eigenvalue weighted by molar-refractivity contribution is 6.09. The van der Waals surface area contributed by atoms with Gasteiger partial charge in [0.05, 0.1) is 5.54 Å². The van der Waals surface area contributed by atoms with Crippen molar-refractivity contribution in [2.75, 3.05) is 13.1 Å². The van der Waals surface area contributed by atoms with E-state index in [4.69, 9.17) is 0 Å². The molecule has 1 saturated heterocycles. The Bertz CT molecular complexity index is 1080. The fraction of sp³-hybridized carbons (Fsp3) is 0.259. The summed E-state index contributed by atoms with van der Waals surface area (Å²) >= 11 is 0. The fourth-order valence-electron chi connectivity index (χ4n) is 4.40. The van der Waals surface area contributed by atoms with Crippen LogP contribution >= 0.6 is 0 Å². The van der Waals surface area contributed by atoms with E-state index in [0.717, 1.165) is 37.2 Å². The summed E-state index contributed by atoms with van der Waals surface area (Å²) in [6.07, 6.45) is 0.961. The molecular weight excluding hydrogens is 384 g/mol. The van der Waals surface area contributed by atoms with Crippen molar-refractivity contribution in [2.24, 2.45) is 0 Å². The van der Waals surface area contributed by atoms with Gasteiger partial charge in [0.25, 0.3) is 0 Å². The number of hydrogen-bond acceptors (Lipinski definition) is 3. The molecule has 1 aliphatic heterocycles. The van der Waals surface area contributed by atoms with Gasteiger partial charge in [0.1, 0.15) is 0 Å². The van der Waals surface area contributed by atoms with E-state index >= 15 is 0 Å². The van der Waals surface area contributed by atoms with Crippen LogP contribution in [0.4, 0.5) is 0 Å². The molecule has 31 heavy (non-hydrogen) atoms. The SMILES string of the molecule is CC(=O)NC1(C)CCN(Cc2cccc(-c3ccc(C(=O)c4ccccc4)cc3)c2)C1. The minimum Gasteiger partial charge on any atom is -0.350 e. The molecule has 4 nitrogen and oxygen atoms in total. The highest BCUT2D eigenvalue weighted by atomic mass is 16.1. The number of likely N-dealkylation sites (tertiary alicyclic amines) is 1. The molecule has 3 aromatic rings. The van der Waals surface area contributed by atoms with Crippen molar-refractivity contribution in [1.82, 2.24) is 10.2 Å².